The molecule has 1 aromatic rings. The molecular formula is C14H18FN3O2. The summed E-state index contributed by atoms with van der Waals surface area (Å²) in [6.45, 7) is 2.16. The number of nitrogens with one attached hydrogen (secondary N) is 1. The Bertz CT molecular complexity index is 523. The Hall–Kier alpha value is -1.69. The van der Waals surface area contributed by atoms with Gasteiger partial charge in [-0.2, -0.15) is 0 Å². The van der Waals surface area contributed by atoms with E-state index in [4.69, 9.17) is 0 Å². The lowest BCUT2D eigenvalue weighted by Crippen LogP contribution is -2.41. The fourth-order valence-corrected chi connectivity index (χ4v) is 3.39. The first-order valence-corrected chi connectivity index (χ1v) is 7.09. The maximum atomic E-state index is 13.1. The first kappa shape index (κ1) is 13.3. The third-order valence-electron chi connectivity index (χ3n) is 4.35. The molecule has 0 bridgehead atoms. The summed E-state index contributed by atoms with van der Waals surface area (Å²) in [5, 5.41) is 14.3. The molecule has 6 heteroatoms. The topological polar surface area (TPSA) is 58.4 Å². The van der Waals surface area contributed by atoms with E-state index >= 15 is 0 Å². The van der Waals surface area contributed by atoms with E-state index in [2.05, 4.69) is 10.2 Å². The lowest BCUT2D eigenvalue weighted by Gasteiger charge is -2.32. The molecule has 2 atom stereocenters. The second-order valence-corrected chi connectivity index (χ2v) is 5.56. The molecule has 2 heterocycles. The molecule has 0 amide bonds. The van der Waals surface area contributed by atoms with Crippen molar-refractivity contribution in [1.82, 2.24) is 4.90 Å². The van der Waals surface area contributed by atoms with Crippen molar-refractivity contribution < 1.29 is 9.31 Å². The van der Waals surface area contributed by atoms with Gasteiger partial charge in [-0.15, -0.1) is 0 Å². The van der Waals surface area contributed by atoms with Crippen LogP contribution < -0.4 is 5.32 Å². The van der Waals surface area contributed by atoms with E-state index in [1.54, 1.807) is 0 Å². The first-order chi connectivity index (χ1) is 9.65. The van der Waals surface area contributed by atoms with Crippen molar-refractivity contribution >= 4 is 11.4 Å². The van der Waals surface area contributed by atoms with Crippen molar-refractivity contribution in [1.29, 1.82) is 0 Å². The van der Waals surface area contributed by atoms with Gasteiger partial charge in [-0.3, -0.25) is 15.0 Å². The van der Waals surface area contributed by atoms with Crippen LogP contribution in [0.25, 0.3) is 0 Å². The van der Waals surface area contributed by atoms with Crippen LogP contribution in [0.4, 0.5) is 15.8 Å². The number of hydrogen-bond acceptors (Lipinski definition) is 4. The normalized spacial score (nSPS) is 26.2. The zero-order valence-electron chi connectivity index (χ0n) is 11.2. The summed E-state index contributed by atoms with van der Waals surface area (Å²) in [7, 11) is 0. The largest absolute Gasteiger partial charge is 0.375 e. The fourth-order valence-electron chi connectivity index (χ4n) is 3.39. The highest BCUT2D eigenvalue weighted by Gasteiger charge is 2.36. The average molecular weight is 279 g/mol. The Labute approximate surface area is 116 Å². The zero-order valence-corrected chi connectivity index (χ0v) is 11.2. The van der Waals surface area contributed by atoms with Crippen molar-refractivity contribution in [3.8, 4) is 0 Å². The van der Waals surface area contributed by atoms with Gasteiger partial charge in [0, 0.05) is 18.6 Å². The Morgan fingerprint density at radius 2 is 2.15 bits per heavy atom. The van der Waals surface area contributed by atoms with Gasteiger partial charge in [-0.05, 0) is 37.9 Å². The molecule has 0 saturated carbocycles. The van der Waals surface area contributed by atoms with Gasteiger partial charge < -0.3 is 5.32 Å². The highest BCUT2D eigenvalue weighted by atomic mass is 19.1. The monoisotopic (exact) mass is 279 g/mol. The molecule has 108 valence electrons. The van der Waals surface area contributed by atoms with Crippen LogP contribution in [-0.2, 0) is 0 Å². The maximum Gasteiger partial charge on any atom is 0.295 e. The number of anilines is 1. The molecule has 2 aliphatic rings. The van der Waals surface area contributed by atoms with E-state index in [1.807, 2.05) is 0 Å². The van der Waals surface area contributed by atoms with Crippen LogP contribution in [0, 0.1) is 15.9 Å². The standard InChI is InChI=1S/C14H18FN3O2/c15-10-4-5-11(14(9-10)18(19)20)16-12-6-8-17-7-2-1-3-13(12)17/h4-5,9,12-13,16H,1-3,6-8H2/t12-,13+/m0/s1. The van der Waals surface area contributed by atoms with Crippen molar-refractivity contribution in [2.75, 3.05) is 18.4 Å². The molecule has 1 aromatic carbocycles. The Balaban J connectivity index is 1.79. The van der Waals surface area contributed by atoms with Gasteiger partial charge in [0.25, 0.3) is 5.69 Å². The van der Waals surface area contributed by atoms with Gasteiger partial charge in [0.1, 0.15) is 11.5 Å². The van der Waals surface area contributed by atoms with Gasteiger partial charge in [0.2, 0.25) is 0 Å². The van der Waals surface area contributed by atoms with E-state index in [0.717, 1.165) is 32.0 Å². The maximum absolute atomic E-state index is 13.1. The second kappa shape index (κ2) is 5.36. The number of piperidine rings is 1. The molecule has 2 aliphatic heterocycles. The Kier molecular flexibility index (Phi) is 3.56. The van der Waals surface area contributed by atoms with Crippen LogP contribution >= 0.6 is 0 Å². The number of nitro groups is 1. The van der Waals surface area contributed by atoms with E-state index in [-0.39, 0.29) is 11.7 Å². The van der Waals surface area contributed by atoms with Gasteiger partial charge in [0.05, 0.1) is 11.0 Å². The van der Waals surface area contributed by atoms with E-state index in [1.165, 1.54) is 25.0 Å². The predicted molar refractivity (Wildman–Crippen MR) is 74.3 cm³/mol. The van der Waals surface area contributed by atoms with Crippen molar-refractivity contribution in [3.05, 3.63) is 34.1 Å². The molecule has 0 unspecified atom stereocenters. The molecule has 0 aliphatic carbocycles. The summed E-state index contributed by atoms with van der Waals surface area (Å²) in [6, 6.07) is 4.39. The smallest absolute Gasteiger partial charge is 0.295 e. The summed E-state index contributed by atoms with van der Waals surface area (Å²) in [5.41, 5.74) is 0.244. The van der Waals surface area contributed by atoms with Crippen LogP contribution in [0.3, 0.4) is 0 Å². The highest BCUT2D eigenvalue weighted by Crippen LogP contribution is 2.32. The van der Waals surface area contributed by atoms with E-state index in [0.29, 0.717) is 11.7 Å². The number of nitro benzene ring substituents is 1. The molecule has 5 nitrogen and oxygen atoms in total. The molecule has 2 fully saturated rings. The molecular weight excluding hydrogens is 261 g/mol. The molecule has 0 radical (unpaired) electrons. The number of rotatable bonds is 3. The third-order valence-corrected chi connectivity index (χ3v) is 4.35. The number of hydrogen-bond donors (Lipinski definition) is 1. The average Bonchev–Trinajstić information content (AvgIpc) is 2.84. The van der Waals surface area contributed by atoms with Crippen molar-refractivity contribution in [3.63, 3.8) is 0 Å². The minimum absolute atomic E-state index is 0.181. The van der Waals surface area contributed by atoms with Crippen molar-refractivity contribution in [2.24, 2.45) is 0 Å². The second-order valence-electron chi connectivity index (χ2n) is 5.56. The van der Waals surface area contributed by atoms with Gasteiger partial charge >= 0.3 is 0 Å². The van der Waals surface area contributed by atoms with Gasteiger partial charge in [-0.1, -0.05) is 6.42 Å². The fraction of sp³-hybridized carbons (Fsp3) is 0.571. The van der Waals surface area contributed by atoms with Crippen LogP contribution in [-0.4, -0.2) is 35.0 Å². The van der Waals surface area contributed by atoms with Crippen LogP contribution in [0.1, 0.15) is 25.7 Å². The van der Waals surface area contributed by atoms with Gasteiger partial charge in [-0.25, -0.2) is 4.39 Å². The molecule has 0 spiro atoms. The zero-order chi connectivity index (χ0) is 14.1. The minimum Gasteiger partial charge on any atom is -0.375 e. The Morgan fingerprint density at radius 3 is 2.95 bits per heavy atom. The van der Waals surface area contributed by atoms with Crippen LogP contribution in [0.5, 0.6) is 0 Å². The molecule has 3 rings (SSSR count). The quantitative estimate of drug-likeness (QED) is 0.682. The summed E-state index contributed by atoms with van der Waals surface area (Å²) in [6.07, 6.45) is 4.57. The van der Waals surface area contributed by atoms with Crippen LogP contribution in [0.15, 0.2) is 18.2 Å². The summed E-state index contributed by atoms with van der Waals surface area (Å²) in [5.74, 6) is -0.576. The van der Waals surface area contributed by atoms with E-state index < -0.39 is 10.7 Å². The van der Waals surface area contributed by atoms with E-state index in [9.17, 15) is 14.5 Å². The van der Waals surface area contributed by atoms with Gasteiger partial charge in [0.15, 0.2) is 0 Å². The lowest BCUT2D eigenvalue weighted by molar-refractivity contribution is -0.384. The number of halogens is 1. The SMILES string of the molecule is O=[N+]([O-])c1cc(F)ccc1N[C@H]1CCN2CCCC[C@H]12. The summed E-state index contributed by atoms with van der Waals surface area (Å²) >= 11 is 0. The molecule has 1 N–H and O–H groups in total. The third kappa shape index (κ3) is 2.47. The molecule has 0 aromatic heterocycles. The lowest BCUT2D eigenvalue weighted by atomic mass is 9.99. The number of nitrogens with zero attached hydrogens (tertiary/aromatic N) is 2. The van der Waals surface area contributed by atoms with Crippen molar-refractivity contribution in [2.45, 2.75) is 37.8 Å². The molecule has 2 saturated heterocycles. The summed E-state index contributed by atoms with van der Waals surface area (Å²) in [4.78, 5) is 12.9. The molecule has 20 heavy (non-hydrogen) atoms. The highest BCUT2D eigenvalue weighted by molar-refractivity contribution is 5.62. The number of benzene rings is 1. The first-order valence-electron chi connectivity index (χ1n) is 7.09. The summed E-state index contributed by atoms with van der Waals surface area (Å²) < 4.78 is 13.1. The minimum atomic E-state index is -0.576. The Morgan fingerprint density at radius 1 is 1.30 bits per heavy atom. The van der Waals surface area contributed by atoms with Crippen LogP contribution in [0.2, 0.25) is 0 Å². The number of fused-ring (bicyclic) bond motifs is 1. The predicted octanol–water partition coefficient (Wildman–Crippen LogP) is 2.77.